The molecule has 0 aliphatic carbocycles. The van der Waals surface area contributed by atoms with Crippen LogP contribution in [0.15, 0.2) is 0 Å². The fraction of sp³-hybridized carbons (Fsp3) is 0.917. The molecule has 1 aliphatic heterocycles. The number of piperazine rings is 1. The van der Waals surface area contributed by atoms with Crippen LogP contribution >= 0.6 is 0 Å². The molecule has 0 amide bonds. The molecule has 0 spiro atoms. The number of rotatable bonds is 4. The van der Waals surface area contributed by atoms with E-state index in [1.54, 1.807) is 0 Å². The quantitative estimate of drug-likeness (QED) is 0.679. The fourth-order valence-corrected chi connectivity index (χ4v) is 1.99. The summed E-state index contributed by atoms with van der Waals surface area (Å²) < 4.78 is 0. The lowest BCUT2D eigenvalue weighted by Gasteiger charge is -2.37. The summed E-state index contributed by atoms with van der Waals surface area (Å²) in [4.78, 5) is 5.14. The van der Waals surface area contributed by atoms with Gasteiger partial charge in [-0.15, -0.1) is 0 Å². The first-order chi connectivity index (χ1) is 6.63. The molecule has 83 valence electrons. The third kappa shape index (κ3) is 3.58. The van der Waals surface area contributed by atoms with E-state index in [9.17, 15) is 0 Å². The average Bonchev–Trinajstić information content (AvgIpc) is 2.18. The molecule has 1 fully saturated rings. The number of hydrogen-bond acceptors (Lipinski definition) is 2. The molecular weight excluding hydrogens is 172 g/mol. The van der Waals surface area contributed by atoms with Gasteiger partial charge in [-0.2, -0.15) is 0 Å². The second-order valence-corrected chi connectivity index (χ2v) is 4.82. The van der Waals surface area contributed by atoms with E-state index in [2.05, 4.69) is 37.5 Å². The van der Waals surface area contributed by atoms with E-state index >= 15 is 0 Å². The molecule has 0 aromatic carbocycles. The van der Waals surface area contributed by atoms with Gasteiger partial charge in [0.1, 0.15) is 0 Å². The summed E-state index contributed by atoms with van der Waals surface area (Å²) >= 11 is 0. The Balaban J connectivity index is 2.22. The van der Waals surface area contributed by atoms with Crippen molar-refractivity contribution in [2.45, 2.75) is 33.2 Å². The molecule has 1 heterocycles. The Morgan fingerprint density at radius 2 is 1.64 bits per heavy atom. The molecule has 2 heteroatoms. The Hall–Kier alpha value is -0.0800. The number of nitrogens with zero attached hydrogens (tertiary/aromatic N) is 2. The van der Waals surface area contributed by atoms with Gasteiger partial charge in [0, 0.05) is 38.8 Å². The third-order valence-corrected chi connectivity index (χ3v) is 3.20. The molecule has 1 radical (unpaired) electrons. The molecule has 1 aliphatic rings. The molecule has 14 heavy (non-hydrogen) atoms. The lowest BCUT2D eigenvalue weighted by atomic mass is 10.1. The van der Waals surface area contributed by atoms with Gasteiger partial charge in [0.15, 0.2) is 0 Å². The Labute approximate surface area is 89.3 Å². The van der Waals surface area contributed by atoms with Crippen molar-refractivity contribution in [3.05, 3.63) is 6.92 Å². The predicted octanol–water partition coefficient (Wildman–Crippen LogP) is 1.87. The summed E-state index contributed by atoms with van der Waals surface area (Å²) in [7, 11) is 0. The van der Waals surface area contributed by atoms with Crippen LogP contribution in [0.25, 0.3) is 0 Å². The van der Waals surface area contributed by atoms with E-state index in [4.69, 9.17) is 0 Å². The van der Waals surface area contributed by atoms with Crippen LogP contribution in [0.3, 0.4) is 0 Å². The van der Waals surface area contributed by atoms with Crippen molar-refractivity contribution in [1.29, 1.82) is 0 Å². The zero-order chi connectivity index (χ0) is 10.6. The van der Waals surface area contributed by atoms with E-state index in [1.165, 1.54) is 32.7 Å². The van der Waals surface area contributed by atoms with Gasteiger partial charge in [-0.05, 0) is 26.2 Å². The Morgan fingerprint density at radius 3 is 2.07 bits per heavy atom. The highest BCUT2D eigenvalue weighted by Crippen LogP contribution is 2.09. The average molecular weight is 197 g/mol. The van der Waals surface area contributed by atoms with E-state index in [-0.39, 0.29) is 0 Å². The minimum absolute atomic E-state index is 0.711. The van der Waals surface area contributed by atoms with Gasteiger partial charge in [-0.3, -0.25) is 4.90 Å². The molecule has 0 bridgehead atoms. The Kier molecular flexibility index (Phi) is 4.90. The van der Waals surface area contributed by atoms with Gasteiger partial charge in [0.2, 0.25) is 0 Å². The second kappa shape index (κ2) is 5.72. The van der Waals surface area contributed by atoms with Gasteiger partial charge >= 0.3 is 0 Å². The monoisotopic (exact) mass is 197 g/mol. The molecule has 1 rings (SSSR count). The topological polar surface area (TPSA) is 6.48 Å². The predicted molar refractivity (Wildman–Crippen MR) is 62.3 cm³/mol. The van der Waals surface area contributed by atoms with Crippen molar-refractivity contribution in [2.75, 3.05) is 32.7 Å². The van der Waals surface area contributed by atoms with Crippen molar-refractivity contribution >= 4 is 0 Å². The first kappa shape index (κ1) is 12.0. The van der Waals surface area contributed by atoms with Gasteiger partial charge < -0.3 is 4.90 Å². The van der Waals surface area contributed by atoms with Crippen LogP contribution in [0.2, 0.25) is 0 Å². The lowest BCUT2D eigenvalue weighted by molar-refractivity contribution is 0.0989. The summed E-state index contributed by atoms with van der Waals surface area (Å²) in [5, 5.41) is 0. The van der Waals surface area contributed by atoms with Gasteiger partial charge in [0.05, 0.1) is 0 Å². The van der Waals surface area contributed by atoms with E-state index in [0.717, 1.165) is 12.3 Å². The minimum Gasteiger partial charge on any atom is -0.301 e. The number of hydrogen-bond donors (Lipinski definition) is 0. The first-order valence-electron chi connectivity index (χ1n) is 5.89. The van der Waals surface area contributed by atoms with Crippen LogP contribution in [0, 0.1) is 12.8 Å². The van der Waals surface area contributed by atoms with Crippen LogP contribution in [0.5, 0.6) is 0 Å². The lowest BCUT2D eigenvalue weighted by Crippen LogP contribution is -2.49. The van der Waals surface area contributed by atoms with Crippen LogP contribution in [-0.4, -0.2) is 48.6 Å². The molecular formula is C12H25N2. The van der Waals surface area contributed by atoms with Gasteiger partial charge in [-0.25, -0.2) is 0 Å². The highest BCUT2D eigenvalue weighted by molar-refractivity contribution is 4.75. The van der Waals surface area contributed by atoms with Gasteiger partial charge in [0.25, 0.3) is 0 Å². The molecule has 1 atom stereocenters. The fourth-order valence-electron chi connectivity index (χ4n) is 1.99. The standard InChI is InChI=1S/C12H25N2/c1-5-12(4)10-13-6-8-14(9-7-13)11(2)3/h11-12H,1,5-10H2,2-4H3. The summed E-state index contributed by atoms with van der Waals surface area (Å²) in [6.45, 7) is 17.0. The summed E-state index contributed by atoms with van der Waals surface area (Å²) in [6, 6.07) is 0.711. The molecule has 1 saturated heterocycles. The van der Waals surface area contributed by atoms with Crippen LogP contribution in [0.1, 0.15) is 27.2 Å². The zero-order valence-electron chi connectivity index (χ0n) is 10.00. The SMILES string of the molecule is [CH2]CC(C)CN1CCN(C(C)C)CC1. The van der Waals surface area contributed by atoms with Crippen LogP contribution in [-0.2, 0) is 0 Å². The largest absolute Gasteiger partial charge is 0.301 e. The molecule has 0 aromatic rings. The maximum Gasteiger partial charge on any atom is 0.0113 e. The summed E-state index contributed by atoms with van der Waals surface area (Å²) in [5.74, 6) is 0.751. The maximum absolute atomic E-state index is 3.96. The molecule has 0 saturated carbocycles. The Bertz CT molecular complexity index is 148. The molecule has 1 unspecified atom stereocenters. The summed E-state index contributed by atoms with van der Waals surface area (Å²) in [5.41, 5.74) is 0. The highest BCUT2D eigenvalue weighted by atomic mass is 15.3. The zero-order valence-corrected chi connectivity index (χ0v) is 10.00. The van der Waals surface area contributed by atoms with Crippen LogP contribution in [0.4, 0.5) is 0 Å². The molecule has 2 nitrogen and oxygen atoms in total. The normalized spacial score (nSPS) is 22.9. The van der Waals surface area contributed by atoms with Crippen molar-refractivity contribution in [1.82, 2.24) is 9.80 Å². The summed E-state index contributed by atoms with van der Waals surface area (Å²) in [6.07, 6.45) is 1.06. The smallest absolute Gasteiger partial charge is 0.0113 e. The van der Waals surface area contributed by atoms with E-state index in [1.807, 2.05) is 0 Å². The highest BCUT2D eigenvalue weighted by Gasteiger charge is 2.19. The van der Waals surface area contributed by atoms with Crippen molar-refractivity contribution in [3.8, 4) is 0 Å². The van der Waals surface area contributed by atoms with Gasteiger partial charge in [-0.1, -0.05) is 13.8 Å². The van der Waals surface area contributed by atoms with Crippen LogP contribution < -0.4 is 0 Å². The van der Waals surface area contributed by atoms with E-state index < -0.39 is 0 Å². The second-order valence-electron chi connectivity index (χ2n) is 4.82. The molecule has 0 aromatic heterocycles. The van der Waals surface area contributed by atoms with Crippen molar-refractivity contribution in [2.24, 2.45) is 5.92 Å². The minimum atomic E-state index is 0.711. The molecule has 0 N–H and O–H groups in total. The van der Waals surface area contributed by atoms with Crippen molar-refractivity contribution < 1.29 is 0 Å². The first-order valence-corrected chi connectivity index (χ1v) is 5.89. The van der Waals surface area contributed by atoms with Crippen molar-refractivity contribution in [3.63, 3.8) is 0 Å². The Morgan fingerprint density at radius 1 is 1.07 bits per heavy atom. The van der Waals surface area contributed by atoms with E-state index in [0.29, 0.717) is 6.04 Å². The third-order valence-electron chi connectivity index (χ3n) is 3.20. The maximum atomic E-state index is 3.96.